The third kappa shape index (κ3) is 3.79. The molecule has 7 heteroatoms. The van der Waals surface area contributed by atoms with Crippen LogP contribution in [0.2, 0.25) is 0 Å². The molecular weight excluding hydrogens is 392 g/mol. The van der Waals surface area contributed by atoms with Gasteiger partial charge < -0.3 is 10.1 Å². The molecule has 0 unspecified atom stereocenters. The molecule has 2 aromatic carbocycles. The molecule has 0 saturated heterocycles. The number of rotatable bonds is 4. The second-order valence-corrected chi connectivity index (χ2v) is 7.11. The van der Waals surface area contributed by atoms with Crippen LogP contribution in [0.5, 0.6) is 5.75 Å². The normalized spacial score (nSPS) is 12.9. The fraction of sp³-hybridized carbons (Fsp3) is 0.125. The predicted octanol–water partition coefficient (Wildman–Crippen LogP) is 3.35. The summed E-state index contributed by atoms with van der Waals surface area (Å²) in [5, 5.41) is 12.2. The van der Waals surface area contributed by atoms with Crippen molar-refractivity contribution in [2.45, 2.75) is 6.92 Å². The summed E-state index contributed by atoms with van der Waals surface area (Å²) in [7, 11) is 1.74. The molecule has 1 aliphatic rings. The van der Waals surface area contributed by atoms with Crippen molar-refractivity contribution in [3.8, 4) is 17.5 Å². The third-order valence-electron chi connectivity index (χ3n) is 5.14. The number of hydrogen-bond donors (Lipinski definition) is 1. The highest BCUT2D eigenvalue weighted by Gasteiger charge is 2.20. The van der Waals surface area contributed by atoms with Gasteiger partial charge in [0.25, 0.3) is 11.5 Å². The van der Waals surface area contributed by atoms with E-state index in [0.29, 0.717) is 17.0 Å². The molecule has 0 radical (unpaired) electrons. The molecule has 0 atom stereocenters. The number of anilines is 1. The van der Waals surface area contributed by atoms with E-state index in [9.17, 15) is 14.9 Å². The molecule has 0 saturated carbocycles. The number of nitrogens with one attached hydrogen (secondary N) is 1. The van der Waals surface area contributed by atoms with Crippen LogP contribution in [0, 0.1) is 18.3 Å². The second kappa shape index (κ2) is 8.20. The van der Waals surface area contributed by atoms with Gasteiger partial charge in [0.05, 0.1) is 11.4 Å². The van der Waals surface area contributed by atoms with Crippen LogP contribution in [0.25, 0.3) is 11.8 Å². The van der Waals surface area contributed by atoms with Gasteiger partial charge in [-0.15, -0.1) is 0 Å². The minimum Gasteiger partial charge on any atom is -0.488 e. The van der Waals surface area contributed by atoms with Crippen molar-refractivity contribution in [1.82, 2.24) is 9.36 Å². The molecule has 1 aliphatic heterocycles. The van der Waals surface area contributed by atoms with E-state index >= 15 is 0 Å². The fourth-order valence-corrected chi connectivity index (χ4v) is 3.44. The van der Waals surface area contributed by atoms with Gasteiger partial charge in [-0.2, -0.15) is 5.26 Å². The molecule has 1 aromatic heterocycles. The van der Waals surface area contributed by atoms with Crippen molar-refractivity contribution in [3.05, 3.63) is 93.4 Å². The Morgan fingerprint density at radius 3 is 2.61 bits per heavy atom. The van der Waals surface area contributed by atoms with E-state index < -0.39 is 5.91 Å². The van der Waals surface area contributed by atoms with E-state index in [2.05, 4.69) is 5.32 Å². The molecule has 31 heavy (non-hydrogen) atoms. The summed E-state index contributed by atoms with van der Waals surface area (Å²) in [5.41, 5.74) is 2.48. The van der Waals surface area contributed by atoms with Gasteiger partial charge in [0.2, 0.25) is 0 Å². The Bertz CT molecular complexity index is 1320. The summed E-state index contributed by atoms with van der Waals surface area (Å²) >= 11 is 0. The van der Waals surface area contributed by atoms with Crippen molar-refractivity contribution in [1.29, 1.82) is 5.26 Å². The lowest BCUT2D eigenvalue weighted by molar-refractivity contribution is -0.112. The molecule has 3 aromatic rings. The monoisotopic (exact) mass is 412 g/mol. The maximum atomic E-state index is 13.0. The Balaban J connectivity index is 1.64. The molecule has 1 N–H and O–H groups in total. The average Bonchev–Trinajstić information content (AvgIpc) is 3.00. The Kier molecular flexibility index (Phi) is 5.29. The van der Waals surface area contributed by atoms with Gasteiger partial charge in [0.15, 0.2) is 0 Å². The minimum absolute atomic E-state index is 0.108. The van der Waals surface area contributed by atoms with E-state index in [4.69, 9.17) is 4.74 Å². The number of carbonyl (C=O) groups is 1. The second-order valence-electron chi connectivity index (χ2n) is 7.11. The molecule has 154 valence electrons. The summed E-state index contributed by atoms with van der Waals surface area (Å²) in [4.78, 5) is 25.8. The van der Waals surface area contributed by atoms with E-state index in [0.717, 1.165) is 11.3 Å². The van der Waals surface area contributed by atoms with Crippen LogP contribution < -0.4 is 15.6 Å². The number of carbonyl (C=O) groups excluding carboxylic acids is 1. The van der Waals surface area contributed by atoms with Gasteiger partial charge in [-0.3, -0.25) is 14.3 Å². The van der Waals surface area contributed by atoms with Crippen LogP contribution in [-0.2, 0) is 11.8 Å². The minimum atomic E-state index is -0.645. The first-order valence-corrected chi connectivity index (χ1v) is 9.69. The Morgan fingerprint density at radius 1 is 1.16 bits per heavy atom. The lowest BCUT2D eigenvalue weighted by Gasteiger charge is -2.16. The molecule has 0 fully saturated rings. The summed E-state index contributed by atoms with van der Waals surface area (Å²) in [6.45, 7) is 1.99. The van der Waals surface area contributed by atoms with Crippen LogP contribution in [0.3, 0.4) is 0 Å². The van der Waals surface area contributed by atoms with Gasteiger partial charge in [0, 0.05) is 12.6 Å². The van der Waals surface area contributed by atoms with Gasteiger partial charge in [-0.05, 0) is 42.8 Å². The number of nitriles is 1. The molecular formula is C24H20N4O3. The number of amides is 1. The number of para-hydroxylation sites is 2. The van der Waals surface area contributed by atoms with E-state index in [-0.39, 0.29) is 23.4 Å². The summed E-state index contributed by atoms with van der Waals surface area (Å²) in [6.07, 6.45) is 3.36. The van der Waals surface area contributed by atoms with Crippen LogP contribution in [0.1, 0.15) is 11.3 Å². The number of hydrogen-bond acceptors (Lipinski definition) is 4. The van der Waals surface area contributed by atoms with Gasteiger partial charge in [-0.25, -0.2) is 4.68 Å². The zero-order valence-corrected chi connectivity index (χ0v) is 17.1. The van der Waals surface area contributed by atoms with Gasteiger partial charge in [-0.1, -0.05) is 36.4 Å². The van der Waals surface area contributed by atoms with Crippen molar-refractivity contribution in [2.75, 3.05) is 11.9 Å². The van der Waals surface area contributed by atoms with Crippen molar-refractivity contribution < 1.29 is 9.53 Å². The molecule has 0 spiro atoms. The van der Waals surface area contributed by atoms with Gasteiger partial charge >= 0.3 is 0 Å². The van der Waals surface area contributed by atoms with Crippen LogP contribution in [0.15, 0.2) is 76.6 Å². The van der Waals surface area contributed by atoms with E-state index in [1.165, 1.54) is 10.8 Å². The number of fused-ring (bicyclic) bond motifs is 1. The summed E-state index contributed by atoms with van der Waals surface area (Å²) in [5.74, 6) is 0.109. The van der Waals surface area contributed by atoms with Crippen molar-refractivity contribution in [2.24, 2.45) is 7.05 Å². The Morgan fingerprint density at radius 2 is 1.87 bits per heavy atom. The standard InChI is InChI=1S/C24H20N4O3/c1-16-22(24(30)28(27(16)2)20-9-4-3-5-10-20)26-23(29)19(14-25)13-17-12-18-8-6-7-11-21(18)31-15-17/h3-13H,15H2,1-2H3,(H,26,29). The number of nitrogens with zero attached hydrogens (tertiary/aromatic N) is 3. The zero-order valence-electron chi connectivity index (χ0n) is 17.1. The lowest BCUT2D eigenvalue weighted by atomic mass is 10.1. The summed E-state index contributed by atoms with van der Waals surface area (Å²) < 4.78 is 8.81. The summed E-state index contributed by atoms with van der Waals surface area (Å²) in [6, 6.07) is 18.6. The quantitative estimate of drug-likeness (QED) is 0.526. The largest absolute Gasteiger partial charge is 0.488 e. The predicted molar refractivity (Wildman–Crippen MR) is 118 cm³/mol. The number of aromatic nitrogens is 2. The first kappa shape index (κ1) is 20.0. The van der Waals surface area contributed by atoms with Crippen LogP contribution in [-0.4, -0.2) is 21.9 Å². The smallest absolute Gasteiger partial charge is 0.295 e. The van der Waals surface area contributed by atoms with Crippen LogP contribution in [0.4, 0.5) is 5.69 Å². The Labute approximate surface area is 179 Å². The first-order chi connectivity index (χ1) is 15.0. The van der Waals surface area contributed by atoms with Crippen LogP contribution >= 0.6 is 0 Å². The fourth-order valence-electron chi connectivity index (χ4n) is 3.44. The molecule has 0 bridgehead atoms. The maximum Gasteiger partial charge on any atom is 0.295 e. The molecule has 2 heterocycles. The Hall–Kier alpha value is -4.31. The lowest BCUT2D eigenvalue weighted by Crippen LogP contribution is -2.23. The van der Waals surface area contributed by atoms with E-state index in [1.807, 2.05) is 54.6 Å². The van der Waals surface area contributed by atoms with E-state index in [1.54, 1.807) is 30.8 Å². The topological polar surface area (TPSA) is 89.1 Å². The number of benzene rings is 2. The molecule has 4 rings (SSSR count). The van der Waals surface area contributed by atoms with Gasteiger partial charge in [0.1, 0.15) is 29.7 Å². The SMILES string of the molecule is Cc1c(NC(=O)C(C#N)=CC2=Cc3ccccc3OC2)c(=O)n(-c2ccccc2)n1C. The highest BCUT2D eigenvalue weighted by molar-refractivity contribution is 6.07. The molecule has 1 amide bonds. The zero-order chi connectivity index (χ0) is 22.0. The first-order valence-electron chi connectivity index (χ1n) is 9.69. The average molecular weight is 412 g/mol. The molecule has 0 aliphatic carbocycles. The molecule has 7 nitrogen and oxygen atoms in total. The highest BCUT2D eigenvalue weighted by Crippen LogP contribution is 2.26. The number of ether oxygens (including phenoxy) is 1. The third-order valence-corrected chi connectivity index (χ3v) is 5.14. The maximum absolute atomic E-state index is 13.0. The van der Waals surface area contributed by atoms with Crippen molar-refractivity contribution in [3.63, 3.8) is 0 Å². The highest BCUT2D eigenvalue weighted by atomic mass is 16.5. The van der Waals surface area contributed by atoms with Crippen molar-refractivity contribution >= 4 is 17.7 Å².